The summed E-state index contributed by atoms with van der Waals surface area (Å²) in [6, 6.07) is 0. The van der Waals surface area contributed by atoms with Crippen LogP contribution < -0.4 is 0 Å². The molecular weight excluding hydrogens is 324 g/mol. The maximum Gasteiger partial charge on any atom is 0.160 e. The van der Waals surface area contributed by atoms with E-state index in [0.717, 1.165) is 11.1 Å². The van der Waals surface area contributed by atoms with Gasteiger partial charge >= 0.3 is 0 Å². The Labute approximate surface area is 160 Å². The van der Waals surface area contributed by atoms with E-state index in [0.29, 0.717) is 19.6 Å². The predicted octanol–water partition coefficient (Wildman–Crippen LogP) is 5.67. The highest BCUT2D eigenvalue weighted by atomic mass is 16.7. The zero-order valence-electron chi connectivity index (χ0n) is 17.3. The summed E-state index contributed by atoms with van der Waals surface area (Å²) in [6.07, 6.45) is 16.3. The van der Waals surface area contributed by atoms with Crippen LogP contribution in [0.2, 0.25) is 0 Å². The lowest BCUT2D eigenvalue weighted by molar-refractivity contribution is -0.135. The van der Waals surface area contributed by atoms with E-state index in [1.54, 1.807) is 0 Å². The van der Waals surface area contributed by atoms with Gasteiger partial charge in [0.25, 0.3) is 0 Å². The molecule has 0 spiro atoms. The SMILES string of the molecule is CC(C)=C/C=C/C(C)=C/COC(CCO)OC/C=C(C)/C=C/C=C(C)C. The fourth-order valence-corrected chi connectivity index (χ4v) is 1.81. The number of ether oxygens (including phenoxy) is 2. The van der Waals surface area contributed by atoms with Crippen LogP contribution in [0.5, 0.6) is 0 Å². The van der Waals surface area contributed by atoms with Crippen LogP contribution in [0, 0.1) is 0 Å². The first-order chi connectivity index (χ1) is 12.3. The molecule has 0 fully saturated rings. The molecule has 0 rings (SSSR count). The fraction of sp³-hybridized carbons (Fsp3) is 0.478. The average molecular weight is 361 g/mol. The number of aliphatic hydroxyl groups is 1. The molecule has 0 aliphatic rings. The van der Waals surface area contributed by atoms with E-state index < -0.39 is 6.29 Å². The first-order valence-electron chi connectivity index (χ1n) is 9.16. The van der Waals surface area contributed by atoms with Crippen molar-refractivity contribution in [2.45, 2.75) is 54.3 Å². The third-order valence-electron chi connectivity index (χ3n) is 3.32. The van der Waals surface area contributed by atoms with Crippen molar-refractivity contribution in [2.24, 2.45) is 0 Å². The first kappa shape index (κ1) is 24.3. The lowest BCUT2D eigenvalue weighted by Gasteiger charge is -2.16. The molecule has 0 aromatic rings. The zero-order valence-corrected chi connectivity index (χ0v) is 17.3. The van der Waals surface area contributed by atoms with Gasteiger partial charge in [-0.3, -0.25) is 0 Å². The average Bonchev–Trinajstić information content (AvgIpc) is 2.54. The lowest BCUT2D eigenvalue weighted by Crippen LogP contribution is -2.19. The molecule has 0 atom stereocenters. The van der Waals surface area contributed by atoms with Gasteiger partial charge in [0.1, 0.15) is 0 Å². The minimum Gasteiger partial charge on any atom is -0.396 e. The molecule has 3 heteroatoms. The van der Waals surface area contributed by atoms with Crippen molar-refractivity contribution in [3.63, 3.8) is 0 Å². The van der Waals surface area contributed by atoms with Crippen molar-refractivity contribution in [3.8, 4) is 0 Å². The Bertz CT molecular complexity index is 504. The van der Waals surface area contributed by atoms with Crippen LogP contribution in [-0.4, -0.2) is 31.2 Å². The van der Waals surface area contributed by atoms with E-state index in [1.165, 1.54) is 11.1 Å². The Kier molecular flexibility index (Phi) is 14.6. The summed E-state index contributed by atoms with van der Waals surface area (Å²) in [5, 5.41) is 9.16. The summed E-state index contributed by atoms with van der Waals surface area (Å²) >= 11 is 0. The second kappa shape index (κ2) is 15.6. The molecule has 0 unspecified atom stereocenters. The van der Waals surface area contributed by atoms with Gasteiger partial charge in [0, 0.05) is 13.0 Å². The third-order valence-corrected chi connectivity index (χ3v) is 3.32. The molecule has 0 saturated carbocycles. The molecule has 0 amide bonds. The standard InChI is InChI=1S/C23H36O3/c1-19(2)9-7-11-21(5)14-17-25-23(13-16-24)26-18-15-22(6)12-8-10-20(3)4/h7-12,14-15,23-24H,13,16-18H2,1-6H3/b11-7+,12-8+,21-14+,22-15+. The summed E-state index contributed by atoms with van der Waals surface area (Å²) in [7, 11) is 0. The summed E-state index contributed by atoms with van der Waals surface area (Å²) in [6.45, 7) is 13.3. The molecule has 146 valence electrons. The highest BCUT2D eigenvalue weighted by Crippen LogP contribution is 2.05. The van der Waals surface area contributed by atoms with Crippen LogP contribution in [0.1, 0.15) is 48.0 Å². The Balaban J connectivity index is 4.40. The normalized spacial score (nSPS) is 14.1. The number of allylic oxidation sites excluding steroid dienone is 10. The van der Waals surface area contributed by atoms with Crippen molar-refractivity contribution in [1.82, 2.24) is 0 Å². The van der Waals surface area contributed by atoms with Crippen LogP contribution in [0.25, 0.3) is 0 Å². The largest absolute Gasteiger partial charge is 0.396 e. The van der Waals surface area contributed by atoms with E-state index >= 15 is 0 Å². The number of hydrogen-bond donors (Lipinski definition) is 1. The maximum atomic E-state index is 9.16. The van der Waals surface area contributed by atoms with Crippen LogP contribution in [0.3, 0.4) is 0 Å². The van der Waals surface area contributed by atoms with Crippen LogP contribution >= 0.6 is 0 Å². The van der Waals surface area contributed by atoms with Gasteiger partial charge in [0.05, 0.1) is 13.2 Å². The van der Waals surface area contributed by atoms with Crippen molar-refractivity contribution >= 4 is 0 Å². The van der Waals surface area contributed by atoms with Gasteiger partial charge in [-0.2, -0.15) is 0 Å². The summed E-state index contributed by atoms with van der Waals surface area (Å²) < 4.78 is 11.4. The van der Waals surface area contributed by atoms with Crippen molar-refractivity contribution in [1.29, 1.82) is 0 Å². The zero-order chi connectivity index (χ0) is 19.8. The molecule has 0 saturated heterocycles. The quantitative estimate of drug-likeness (QED) is 0.360. The summed E-state index contributed by atoms with van der Waals surface area (Å²) in [5.74, 6) is 0. The third kappa shape index (κ3) is 15.8. The van der Waals surface area contributed by atoms with Crippen molar-refractivity contribution < 1.29 is 14.6 Å². The minimum absolute atomic E-state index is 0.0387. The van der Waals surface area contributed by atoms with Crippen molar-refractivity contribution in [2.75, 3.05) is 19.8 Å². The highest BCUT2D eigenvalue weighted by Gasteiger charge is 2.07. The Morgan fingerprint density at radius 2 is 1.19 bits per heavy atom. The molecule has 26 heavy (non-hydrogen) atoms. The number of aliphatic hydroxyl groups excluding tert-OH is 1. The van der Waals surface area contributed by atoms with Crippen LogP contribution in [0.15, 0.2) is 70.9 Å². The minimum atomic E-state index is -0.406. The Morgan fingerprint density at radius 3 is 1.54 bits per heavy atom. The smallest absolute Gasteiger partial charge is 0.160 e. The molecule has 0 aliphatic carbocycles. The monoisotopic (exact) mass is 360 g/mol. The van der Waals surface area contributed by atoms with Crippen molar-refractivity contribution in [3.05, 3.63) is 70.9 Å². The lowest BCUT2D eigenvalue weighted by atomic mass is 10.2. The fourth-order valence-electron chi connectivity index (χ4n) is 1.81. The van der Waals surface area contributed by atoms with Gasteiger partial charge < -0.3 is 14.6 Å². The van der Waals surface area contributed by atoms with Gasteiger partial charge in [-0.1, -0.05) is 70.9 Å². The second-order valence-electron chi connectivity index (χ2n) is 6.71. The van der Waals surface area contributed by atoms with Gasteiger partial charge in [-0.05, 0) is 41.5 Å². The maximum absolute atomic E-state index is 9.16. The van der Waals surface area contributed by atoms with Gasteiger partial charge in [-0.25, -0.2) is 0 Å². The molecule has 3 nitrogen and oxygen atoms in total. The molecule has 1 N–H and O–H groups in total. The molecule has 0 bridgehead atoms. The number of hydrogen-bond acceptors (Lipinski definition) is 3. The molecular formula is C23H36O3. The molecule has 0 radical (unpaired) electrons. The van der Waals surface area contributed by atoms with Crippen LogP contribution in [0.4, 0.5) is 0 Å². The first-order valence-corrected chi connectivity index (χ1v) is 9.16. The summed E-state index contributed by atoms with van der Waals surface area (Å²) in [4.78, 5) is 0. The van der Waals surface area contributed by atoms with Gasteiger partial charge in [-0.15, -0.1) is 0 Å². The van der Waals surface area contributed by atoms with E-state index in [-0.39, 0.29) is 6.61 Å². The molecule has 0 aromatic heterocycles. The van der Waals surface area contributed by atoms with E-state index in [9.17, 15) is 0 Å². The van der Waals surface area contributed by atoms with E-state index in [2.05, 4.69) is 39.8 Å². The van der Waals surface area contributed by atoms with Gasteiger partial charge in [0.15, 0.2) is 6.29 Å². The molecule has 0 heterocycles. The number of rotatable bonds is 12. The van der Waals surface area contributed by atoms with Gasteiger partial charge in [0.2, 0.25) is 0 Å². The van der Waals surface area contributed by atoms with E-state index in [1.807, 2.05) is 50.3 Å². The van der Waals surface area contributed by atoms with Crippen LogP contribution in [-0.2, 0) is 9.47 Å². The Morgan fingerprint density at radius 1 is 0.769 bits per heavy atom. The topological polar surface area (TPSA) is 38.7 Å². The molecule has 0 aliphatic heterocycles. The summed E-state index contributed by atoms with van der Waals surface area (Å²) in [5.41, 5.74) is 4.79. The molecule has 0 aromatic carbocycles. The second-order valence-corrected chi connectivity index (χ2v) is 6.71. The van der Waals surface area contributed by atoms with E-state index in [4.69, 9.17) is 14.6 Å². The predicted molar refractivity (Wildman–Crippen MR) is 112 cm³/mol. The Hall–Kier alpha value is -1.68. The highest BCUT2D eigenvalue weighted by molar-refractivity contribution is 5.22.